The van der Waals surface area contributed by atoms with Gasteiger partial charge in [0.1, 0.15) is 7.11 Å². The van der Waals surface area contributed by atoms with Gasteiger partial charge >= 0.3 is 0 Å². The van der Waals surface area contributed by atoms with E-state index in [9.17, 15) is 9.59 Å². The molecular weight excluding hydrogens is 440 g/mol. The summed E-state index contributed by atoms with van der Waals surface area (Å²) in [6.07, 6.45) is 12.5. The summed E-state index contributed by atoms with van der Waals surface area (Å²) >= 11 is 0. The number of hydrogen-bond acceptors (Lipinski definition) is 5. The van der Waals surface area contributed by atoms with Gasteiger partial charge in [-0.1, -0.05) is 48.1 Å². The van der Waals surface area contributed by atoms with Crippen molar-refractivity contribution in [2.45, 2.75) is 44.9 Å². The molecular formula is C28H40N4O3. The van der Waals surface area contributed by atoms with Crippen molar-refractivity contribution in [3.8, 4) is 0 Å². The van der Waals surface area contributed by atoms with E-state index in [1.165, 1.54) is 19.1 Å². The van der Waals surface area contributed by atoms with Crippen LogP contribution in [0, 0.1) is 11.3 Å². The predicted molar refractivity (Wildman–Crippen MR) is 140 cm³/mol. The van der Waals surface area contributed by atoms with Gasteiger partial charge in [0.15, 0.2) is 0 Å². The van der Waals surface area contributed by atoms with E-state index >= 15 is 0 Å². The first kappa shape index (κ1) is 26.7. The molecule has 0 bridgehead atoms. The third-order valence-electron chi connectivity index (χ3n) is 7.27. The number of carbonyl (C=O) groups excluding carboxylic acids is 2. The van der Waals surface area contributed by atoms with E-state index < -0.39 is 0 Å². The number of hydrogen-bond donors (Lipinski definition) is 1. The highest BCUT2D eigenvalue weighted by Crippen LogP contribution is 2.41. The molecule has 1 aromatic rings. The number of oxime groups is 1. The maximum Gasteiger partial charge on any atom is 0.229 e. The van der Waals surface area contributed by atoms with Crippen LogP contribution in [-0.2, 0) is 20.8 Å². The number of likely N-dealkylation sites (tertiary alicyclic amines) is 2. The lowest BCUT2D eigenvalue weighted by Crippen LogP contribution is -2.45. The Bertz CT molecular complexity index is 900. The predicted octanol–water partition coefficient (Wildman–Crippen LogP) is 3.56. The minimum absolute atomic E-state index is 0.130. The van der Waals surface area contributed by atoms with Gasteiger partial charge in [0.2, 0.25) is 11.8 Å². The summed E-state index contributed by atoms with van der Waals surface area (Å²) in [4.78, 5) is 32.3. The van der Waals surface area contributed by atoms with Gasteiger partial charge in [-0.05, 0) is 81.8 Å². The van der Waals surface area contributed by atoms with Crippen LogP contribution in [0.1, 0.15) is 44.1 Å². The van der Waals surface area contributed by atoms with Gasteiger partial charge in [0, 0.05) is 19.0 Å². The topological polar surface area (TPSA) is 88.2 Å². The van der Waals surface area contributed by atoms with E-state index in [1.54, 1.807) is 12.3 Å². The van der Waals surface area contributed by atoms with Crippen molar-refractivity contribution in [1.29, 1.82) is 0 Å². The summed E-state index contributed by atoms with van der Waals surface area (Å²) < 4.78 is 0. The highest BCUT2D eigenvalue weighted by atomic mass is 16.6. The number of nitrogens with zero attached hydrogens (tertiary/aromatic N) is 3. The zero-order valence-electron chi connectivity index (χ0n) is 21.0. The van der Waals surface area contributed by atoms with Crippen LogP contribution in [0.2, 0.25) is 0 Å². The van der Waals surface area contributed by atoms with E-state index in [-0.39, 0.29) is 17.2 Å². The number of rotatable bonds is 10. The number of primary amides is 1. The van der Waals surface area contributed by atoms with Crippen molar-refractivity contribution in [2.24, 2.45) is 22.2 Å². The minimum atomic E-state index is -0.150. The van der Waals surface area contributed by atoms with Crippen molar-refractivity contribution < 1.29 is 14.4 Å². The van der Waals surface area contributed by atoms with Crippen LogP contribution < -0.4 is 5.73 Å². The van der Waals surface area contributed by atoms with Crippen LogP contribution in [0.4, 0.5) is 0 Å². The van der Waals surface area contributed by atoms with Gasteiger partial charge in [-0.3, -0.25) is 9.59 Å². The van der Waals surface area contributed by atoms with Crippen molar-refractivity contribution in [3.63, 3.8) is 0 Å². The fraction of sp³-hybridized carbons (Fsp3) is 0.536. The molecule has 4 rings (SSSR count). The molecule has 0 unspecified atom stereocenters. The number of carbonyl (C=O) groups is 2. The molecule has 2 saturated heterocycles. The van der Waals surface area contributed by atoms with Crippen LogP contribution >= 0.6 is 0 Å². The Morgan fingerprint density at radius 1 is 1.20 bits per heavy atom. The highest BCUT2D eigenvalue weighted by molar-refractivity contribution is 5.85. The molecule has 7 nitrogen and oxygen atoms in total. The van der Waals surface area contributed by atoms with Gasteiger partial charge in [0.25, 0.3) is 0 Å². The third-order valence-corrected chi connectivity index (χ3v) is 7.27. The van der Waals surface area contributed by atoms with Crippen molar-refractivity contribution >= 4 is 18.0 Å². The second-order valence-electron chi connectivity index (χ2n) is 9.75. The van der Waals surface area contributed by atoms with Crippen LogP contribution in [0.25, 0.3) is 0 Å². The summed E-state index contributed by atoms with van der Waals surface area (Å²) in [6, 6.07) is 10.7. The maximum absolute atomic E-state index is 13.2. The van der Waals surface area contributed by atoms with E-state index in [4.69, 9.17) is 5.73 Å². The first-order valence-electron chi connectivity index (χ1n) is 12.7. The molecule has 3 aliphatic rings. The molecule has 2 amide bonds. The smallest absolute Gasteiger partial charge is 0.229 e. The van der Waals surface area contributed by atoms with Crippen LogP contribution in [0.5, 0.6) is 0 Å². The third kappa shape index (κ3) is 8.06. The number of amides is 2. The molecule has 0 aromatic heterocycles. The van der Waals surface area contributed by atoms with Crippen molar-refractivity contribution in [2.75, 3.05) is 39.8 Å². The van der Waals surface area contributed by atoms with Gasteiger partial charge in [-0.2, -0.15) is 0 Å². The SMILES string of the molecule is C=C/C(=C\C=N\OC)CN1CCC2(CCN(CCCc3ccccc3)CC2)C1=O.NC(=O)C1CC1. The summed E-state index contributed by atoms with van der Waals surface area (Å²) in [5.41, 5.74) is 7.10. The maximum atomic E-state index is 13.2. The number of benzene rings is 1. The Kier molecular flexibility index (Phi) is 10.1. The Hall–Kier alpha value is -2.93. The zero-order valence-corrected chi connectivity index (χ0v) is 21.0. The molecule has 1 spiro atoms. The Balaban J connectivity index is 0.000000497. The van der Waals surface area contributed by atoms with Gasteiger partial charge in [0.05, 0.1) is 11.6 Å². The zero-order chi connectivity index (χ0) is 25.1. The highest BCUT2D eigenvalue weighted by Gasteiger charge is 2.47. The summed E-state index contributed by atoms with van der Waals surface area (Å²) in [5, 5.41) is 3.73. The molecule has 2 heterocycles. The van der Waals surface area contributed by atoms with E-state index in [0.717, 1.165) is 70.3 Å². The molecule has 0 radical (unpaired) electrons. The first-order chi connectivity index (χ1) is 17.0. The summed E-state index contributed by atoms with van der Waals surface area (Å²) in [7, 11) is 1.51. The number of allylic oxidation sites excluding steroid dienone is 1. The second-order valence-corrected chi connectivity index (χ2v) is 9.75. The van der Waals surface area contributed by atoms with Crippen molar-refractivity contribution in [3.05, 3.63) is 60.2 Å². The number of piperidine rings is 1. The van der Waals surface area contributed by atoms with E-state index in [0.29, 0.717) is 12.5 Å². The quantitative estimate of drug-likeness (QED) is 0.315. The Labute approximate surface area is 209 Å². The minimum Gasteiger partial charge on any atom is -0.399 e. The van der Waals surface area contributed by atoms with E-state index in [2.05, 4.69) is 51.8 Å². The van der Waals surface area contributed by atoms with E-state index in [1.807, 2.05) is 11.0 Å². The fourth-order valence-corrected chi connectivity index (χ4v) is 4.82. The normalized spacial score (nSPS) is 20.1. The second kappa shape index (κ2) is 13.2. The van der Waals surface area contributed by atoms with Crippen molar-refractivity contribution in [1.82, 2.24) is 9.80 Å². The van der Waals surface area contributed by atoms with Crippen LogP contribution in [0.3, 0.4) is 0 Å². The fourth-order valence-electron chi connectivity index (χ4n) is 4.82. The largest absolute Gasteiger partial charge is 0.399 e. The molecule has 0 atom stereocenters. The van der Waals surface area contributed by atoms with Gasteiger partial charge < -0.3 is 20.4 Å². The number of aryl methyl sites for hydroxylation is 1. The molecule has 2 aliphatic heterocycles. The molecule has 35 heavy (non-hydrogen) atoms. The molecule has 1 saturated carbocycles. The molecule has 1 aliphatic carbocycles. The molecule has 3 fully saturated rings. The Morgan fingerprint density at radius 2 is 1.89 bits per heavy atom. The van der Waals surface area contributed by atoms with Gasteiger partial charge in [-0.25, -0.2) is 0 Å². The average molecular weight is 481 g/mol. The Morgan fingerprint density at radius 3 is 2.46 bits per heavy atom. The molecule has 1 aromatic carbocycles. The summed E-state index contributed by atoms with van der Waals surface area (Å²) in [6.45, 7) is 8.46. The monoisotopic (exact) mass is 480 g/mol. The molecule has 190 valence electrons. The van der Waals surface area contributed by atoms with Gasteiger partial charge in [-0.15, -0.1) is 0 Å². The first-order valence-corrected chi connectivity index (χ1v) is 12.7. The molecule has 7 heteroatoms. The standard InChI is InChI=1S/C24H33N3O2.C4H7NO/c1-3-21(11-15-25-29-2)20-27-19-14-24(23(27)28)12-17-26(18-13-24)16-7-10-22-8-5-4-6-9-22;5-4(6)3-1-2-3/h3-6,8-9,11,15H,1,7,10,12-14,16-20H2,2H3;3H,1-2H2,(H2,5,6)/b21-11+,25-15+;. The van der Waals surface area contributed by atoms with Crippen LogP contribution in [0.15, 0.2) is 59.8 Å². The lowest BCUT2D eigenvalue weighted by atomic mass is 9.77. The average Bonchev–Trinajstić information content (AvgIpc) is 3.69. The summed E-state index contributed by atoms with van der Waals surface area (Å²) in [5.74, 6) is 0.429. The van der Waals surface area contributed by atoms with Crippen LogP contribution in [-0.4, -0.2) is 67.7 Å². The lowest BCUT2D eigenvalue weighted by Gasteiger charge is -2.38. The number of nitrogens with two attached hydrogens (primary N) is 1. The molecule has 2 N–H and O–H groups in total. The lowest BCUT2D eigenvalue weighted by molar-refractivity contribution is -0.138.